The van der Waals surface area contributed by atoms with E-state index in [1.807, 2.05) is 0 Å². The highest BCUT2D eigenvalue weighted by Gasteiger charge is 2.21. The van der Waals surface area contributed by atoms with Crippen LogP contribution in [0.4, 0.5) is 4.79 Å². The van der Waals surface area contributed by atoms with Crippen LogP contribution < -0.4 is 5.32 Å². The summed E-state index contributed by atoms with van der Waals surface area (Å²) < 4.78 is 5.05. The van der Waals surface area contributed by atoms with Gasteiger partial charge in [0.2, 0.25) is 0 Å². The molecule has 1 rings (SSSR count). The molecule has 0 radical (unpaired) electrons. The molecular formula is C17H25NO5. The summed E-state index contributed by atoms with van der Waals surface area (Å²) in [7, 11) is 0. The summed E-state index contributed by atoms with van der Waals surface area (Å²) in [6, 6.07) is 6.39. The summed E-state index contributed by atoms with van der Waals surface area (Å²) >= 11 is 0. The van der Waals surface area contributed by atoms with Crippen LogP contribution in [-0.4, -0.2) is 40.3 Å². The Kier molecular flexibility index (Phi) is 6.72. The quantitative estimate of drug-likeness (QED) is 0.698. The summed E-state index contributed by atoms with van der Waals surface area (Å²) in [4.78, 5) is 23.1. The van der Waals surface area contributed by atoms with Gasteiger partial charge in [0.15, 0.2) is 5.78 Å². The zero-order valence-electron chi connectivity index (χ0n) is 14.0. The van der Waals surface area contributed by atoms with Crippen LogP contribution in [0.15, 0.2) is 24.3 Å². The number of amides is 1. The Morgan fingerprint density at radius 1 is 1.17 bits per heavy atom. The maximum absolute atomic E-state index is 11.5. The first-order valence-corrected chi connectivity index (χ1v) is 7.60. The van der Waals surface area contributed by atoms with Crippen molar-refractivity contribution in [3.05, 3.63) is 35.4 Å². The molecule has 0 saturated heterocycles. The number of ether oxygens (including phenoxy) is 1. The third kappa shape index (κ3) is 6.38. The largest absolute Gasteiger partial charge is 0.444 e. The fourth-order valence-corrected chi connectivity index (χ4v) is 1.91. The van der Waals surface area contributed by atoms with Crippen molar-refractivity contribution in [1.29, 1.82) is 0 Å². The molecule has 6 nitrogen and oxygen atoms in total. The monoisotopic (exact) mass is 323 g/mol. The van der Waals surface area contributed by atoms with E-state index in [-0.39, 0.29) is 12.3 Å². The summed E-state index contributed by atoms with van der Waals surface area (Å²) in [6.07, 6.45) is -2.61. The number of benzene rings is 1. The van der Waals surface area contributed by atoms with Gasteiger partial charge in [0.25, 0.3) is 0 Å². The molecule has 0 aromatic heterocycles. The minimum Gasteiger partial charge on any atom is -0.444 e. The molecule has 0 saturated carbocycles. The third-order valence-electron chi connectivity index (χ3n) is 3.11. The standard InChI is InChI=1S/C17H25NO5/c1-5-13(19)11-6-8-12(9-7-11)15(21)14(20)10-18-16(22)23-17(2,3)4/h6-9,14-15,20-21H,5,10H2,1-4H3,(H,18,22). The molecule has 0 aliphatic rings. The second-order valence-electron chi connectivity index (χ2n) is 6.29. The van der Waals surface area contributed by atoms with Crippen LogP contribution in [0.5, 0.6) is 0 Å². The number of hydrogen-bond donors (Lipinski definition) is 3. The first kappa shape index (κ1) is 19.1. The summed E-state index contributed by atoms with van der Waals surface area (Å²) in [5, 5.41) is 22.5. The highest BCUT2D eigenvalue weighted by atomic mass is 16.6. The molecule has 1 aromatic rings. The molecule has 0 aliphatic heterocycles. The molecule has 1 amide bonds. The number of aliphatic hydroxyl groups is 2. The molecule has 0 aliphatic carbocycles. The van der Waals surface area contributed by atoms with Gasteiger partial charge < -0.3 is 20.3 Å². The van der Waals surface area contributed by atoms with Crippen molar-refractivity contribution in [3.8, 4) is 0 Å². The van der Waals surface area contributed by atoms with Crippen molar-refractivity contribution >= 4 is 11.9 Å². The van der Waals surface area contributed by atoms with E-state index in [0.717, 1.165) is 0 Å². The first-order chi connectivity index (χ1) is 10.6. The number of carbonyl (C=O) groups excluding carboxylic acids is 2. The van der Waals surface area contributed by atoms with Gasteiger partial charge in [-0.05, 0) is 26.3 Å². The SMILES string of the molecule is CCC(=O)c1ccc(C(O)C(O)CNC(=O)OC(C)(C)C)cc1. The number of carbonyl (C=O) groups is 2. The topological polar surface area (TPSA) is 95.9 Å². The number of rotatable bonds is 6. The second kappa shape index (κ2) is 8.08. The van der Waals surface area contributed by atoms with Gasteiger partial charge >= 0.3 is 6.09 Å². The number of aliphatic hydroxyl groups excluding tert-OH is 2. The lowest BCUT2D eigenvalue weighted by Gasteiger charge is -2.22. The maximum atomic E-state index is 11.5. The fraction of sp³-hybridized carbons (Fsp3) is 0.529. The molecule has 3 N–H and O–H groups in total. The lowest BCUT2D eigenvalue weighted by atomic mass is 10.0. The number of Topliss-reactive ketones (excluding diaryl/α,β-unsaturated/α-hetero) is 1. The van der Waals surface area contributed by atoms with E-state index in [9.17, 15) is 19.8 Å². The van der Waals surface area contributed by atoms with Crippen molar-refractivity contribution < 1.29 is 24.5 Å². The molecule has 23 heavy (non-hydrogen) atoms. The van der Waals surface area contributed by atoms with Gasteiger partial charge in [0.05, 0.1) is 0 Å². The molecule has 1 aromatic carbocycles. The van der Waals surface area contributed by atoms with Gasteiger partial charge in [0, 0.05) is 18.5 Å². The van der Waals surface area contributed by atoms with Crippen LogP contribution in [-0.2, 0) is 4.74 Å². The molecule has 2 unspecified atom stereocenters. The van der Waals surface area contributed by atoms with Crippen molar-refractivity contribution in [3.63, 3.8) is 0 Å². The maximum Gasteiger partial charge on any atom is 0.407 e. The molecule has 6 heteroatoms. The number of ketones is 1. The Hall–Kier alpha value is -1.92. The van der Waals surface area contributed by atoms with Gasteiger partial charge in [-0.3, -0.25) is 4.79 Å². The van der Waals surface area contributed by atoms with Crippen LogP contribution in [0.25, 0.3) is 0 Å². The predicted octanol–water partition coefficient (Wildman–Crippen LogP) is 2.20. The van der Waals surface area contributed by atoms with Crippen LogP contribution in [0.3, 0.4) is 0 Å². The molecule has 0 heterocycles. The lowest BCUT2D eigenvalue weighted by molar-refractivity contribution is 0.0129. The highest BCUT2D eigenvalue weighted by Crippen LogP contribution is 2.18. The average Bonchev–Trinajstić information content (AvgIpc) is 2.49. The molecule has 0 bridgehead atoms. The first-order valence-electron chi connectivity index (χ1n) is 7.60. The zero-order valence-corrected chi connectivity index (χ0v) is 14.0. The average molecular weight is 323 g/mol. The smallest absolute Gasteiger partial charge is 0.407 e. The Bertz CT molecular complexity index is 533. The van der Waals surface area contributed by atoms with Gasteiger partial charge in [-0.25, -0.2) is 4.79 Å². The van der Waals surface area contributed by atoms with E-state index in [0.29, 0.717) is 17.5 Å². The van der Waals surface area contributed by atoms with Crippen molar-refractivity contribution in [2.45, 2.75) is 51.9 Å². The Labute approximate surface area is 136 Å². The fourth-order valence-electron chi connectivity index (χ4n) is 1.91. The minimum atomic E-state index is -1.18. The molecular weight excluding hydrogens is 298 g/mol. The Morgan fingerprint density at radius 3 is 2.22 bits per heavy atom. The van der Waals surface area contributed by atoms with Crippen molar-refractivity contribution in [1.82, 2.24) is 5.32 Å². The van der Waals surface area contributed by atoms with Crippen molar-refractivity contribution in [2.24, 2.45) is 0 Å². The van der Waals surface area contributed by atoms with Crippen molar-refractivity contribution in [2.75, 3.05) is 6.54 Å². The van der Waals surface area contributed by atoms with E-state index in [1.54, 1.807) is 52.0 Å². The summed E-state index contributed by atoms with van der Waals surface area (Å²) in [6.45, 7) is 6.83. The lowest BCUT2D eigenvalue weighted by Crippen LogP contribution is -2.38. The molecule has 2 atom stereocenters. The summed E-state index contributed by atoms with van der Waals surface area (Å²) in [5.74, 6) is 0.0122. The van der Waals surface area contributed by atoms with E-state index in [2.05, 4.69) is 5.32 Å². The van der Waals surface area contributed by atoms with E-state index < -0.39 is 23.9 Å². The Morgan fingerprint density at radius 2 is 1.74 bits per heavy atom. The molecule has 128 valence electrons. The molecule has 0 spiro atoms. The second-order valence-corrected chi connectivity index (χ2v) is 6.29. The Balaban J connectivity index is 2.58. The zero-order chi connectivity index (χ0) is 17.6. The minimum absolute atomic E-state index is 0.0122. The number of alkyl carbamates (subject to hydrolysis) is 1. The van der Waals surface area contributed by atoms with Gasteiger partial charge in [-0.15, -0.1) is 0 Å². The normalized spacial score (nSPS) is 14.0. The van der Waals surface area contributed by atoms with Crippen LogP contribution >= 0.6 is 0 Å². The van der Waals surface area contributed by atoms with Gasteiger partial charge in [-0.1, -0.05) is 31.2 Å². The van der Waals surface area contributed by atoms with Gasteiger partial charge in [-0.2, -0.15) is 0 Å². The van der Waals surface area contributed by atoms with Gasteiger partial charge in [0.1, 0.15) is 17.8 Å². The third-order valence-corrected chi connectivity index (χ3v) is 3.11. The predicted molar refractivity (Wildman–Crippen MR) is 86.3 cm³/mol. The summed E-state index contributed by atoms with van der Waals surface area (Å²) in [5.41, 5.74) is 0.399. The van der Waals surface area contributed by atoms with Crippen LogP contribution in [0, 0.1) is 0 Å². The number of nitrogens with one attached hydrogen (secondary N) is 1. The highest BCUT2D eigenvalue weighted by molar-refractivity contribution is 5.95. The number of hydrogen-bond acceptors (Lipinski definition) is 5. The van der Waals surface area contributed by atoms with E-state index in [4.69, 9.17) is 4.74 Å². The molecule has 0 fully saturated rings. The van der Waals surface area contributed by atoms with E-state index >= 15 is 0 Å². The van der Waals surface area contributed by atoms with Crippen LogP contribution in [0.2, 0.25) is 0 Å². The van der Waals surface area contributed by atoms with Crippen LogP contribution in [0.1, 0.15) is 56.1 Å². The van der Waals surface area contributed by atoms with E-state index in [1.165, 1.54) is 0 Å².